The summed E-state index contributed by atoms with van der Waals surface area (Å²) in [5, 5.41) is 8.99. The number of nitrogens with zero attached hydrogens (tertiary/aromatic N) is 3. The van der Waals surface area contributed by atoms with Gasteiger partial charge in [-0.05, 0) is 36.8 Å². The van der Waals surface area contributed by atoms with Gasteiger partial charge in [-0.1, -0.05) is 12.1 Å². The van der Waals surface area contributed by atoms with Crippen molar-refractivity contribution in [1.29, 1.82) is 5.26 Å². The number of benzene rings is 2. The molecular formula is C16H13FN4. The molecule has 104 valence electrons. The van der Waals surface area contributed by atoms with E-state index in [4.69, 9.17) is 11.0 Å². The van der Waals surface area contributed by atoms with E-state index in [0.717, 1.165) is 11.0 Å². The Morgan fingerprint density at radius 1 is 1.33 bits per heavy atom. The number of anilines is 1. The molecule has 5 heteroatoms. The lowest BCUT2D eigenvalue weighted by atomic mass is 10.1. The van der Waals surface area contributed by atoms with Gasteiger partial charge in [0.25, 0.3) is 0 Å². The van der Waals surface area contributed by atoms with Crippen LogP contribution in [-0.2, 0) is 6.42 Å². The van der Waals surface area contributed by atoms with Crippen LogP contribution in [0.4, 0.5) is 10.1 Å². The van der Waals surface area contributed by atoms with Crippen LogP contribution in [0.5, 0.6) is 0 Å². The van der Waals surface area contributed by atoms with Gasteiger partial charge in [0.2, 0.25) is 0 Å². The fourth-order valence-corrected chi connectivity index (χ4v) is 2.41. The van der Waals surface area contributed by atoms with Gasteiger partial charge in [-0.15, -0.1) is 0 Å². The lowest BCUT2D eigenvalue weighted by molar-refractivity contribution is 0.618. The standard InChI is InChI=1S/C16H13FN4/c1-10-8-15(12(19)9-11(10)17)21-14-5-3-2-4-13(14)20-16(21)6-7-18/h2-5,8-9H,6,19H2,1H3. The molecule has 1 aromatic heterocycles. The third kappa shape index (κ3) is 2.11. The van der Waals surface area contributed by atoms with Gasteiger partial charge in [-0.25, -0.2) is 9.37 Å². The van der Waals surface area contributed by atoms with Crippen LogP contribution < -0.4 is 5.73 Å². The zero-order valence-corrected chi connectivity index (χ0v) is 11.5. The fraction of sp³-hybridized carbons (Fsp3) is 0.125. The number of nitriles is 1. The number of imidazole rings is 1. The van der Waals surface area contributed by atoms with Crippen molar-refractivity contribution in [2.45, 2.75) is 13.3 Å². The number of aryl methyl sites for hydroxylation is 1. The summed E-state index contributed by atoms with van der Waals surface area (Å²) < 4.78 is 15.4. The molecule has 2 aromatic carbocycles. The van der Waals surface area contributed by atoms with Gasteiger partial charge < -0.3 is 5.73 Å². The second-order valence-corrected chi connectivity index (χ2v) is 4.85. The first-order valence-electron chi connectivity index (χ1n) is 6.51. The van der Waals surface area contributed by atoms with Gasteiger partial charge >= 0.3 is 0 Å². The molecule has 0 bridgehead atoms. The predicted octanol–water partition coefficient (Wildman–Crippen LogP) is 3.12. The molecule has 21 heavy (non-hydrogen) atoms. The first kappa shape index (κ1) is 13.1. The second kappa shape index (κ2) is 4.91. The van der Waals surface area contributed by atoms with Crippen LogP contribution >= 0.6 is 0 Å². The molecule has 3 rings (SSSR count). The molecule has 0 amide bonds. The number of aromatic nitrogens is 2. The van der Waals surface area contributed by atoms with E-state index in [1.54, 1.807) is 13.0 Å². The van der Waals surface area contributed by atoms with E-state index in [2.05, 4.69) is 11.1 Å². The minimum absolute atomic E-state index is 0.157. The maximum atomic E-state index is 13.6. The number of rotatable bonds is 2. The summed E-state index contributed by atoms with van der Waals surface area (Å²) in [5.74, 6) is 0.249. The molecule has 0 saturated carbocycles. The van der Waals surface area contributed by atoms with Gasteiger partial charge in [0.15, 0.2) is 0 Å². The number of hydrogen-bond donors (Lipinski definition) is 1. The molecule has 0 aliphatic rings. The zero-order chi connectivity index (χ0) is 15.0. The molecule has 0 aliphatic heterocycles. The Hall–Kier alpha value is -2.87. The Bertz CT molecular complexity index is 874. The third-order valence-electron chi connectivity index (χ3n) is 3.42. The zero-order valence-electron chi connectivity index (χ0n) is 11.5. The quantitative estimate of drug-likeness (QED) is 0.733. The summed E-state index contributed by atoms with van der Waals surface area (Å²) in [4.78, 5) is 4.46. The molecule has 3 aromatic rings. The lowest BCUT2D eigenvalue weighted by Crippen LogP contribution is -2.05. The molecule has 0 radical (unpaired) electrons. The van der Waals surface area contributed by atoms with Crippen molar-refractivity contribution in [3.05, 3.63) is 53.6 Å². The highest BCUT2D eigenvalue weighted by atomic mass is 19.1. The van der Waals surface area contributed by atoms with Crippen molar-refractivity contribution >= 4 is 16.7 Å². The SMILES string of the molecule is Cc1cc(-n2c(CC#N)nc3ccccc32)c(N)cc1F. The van der Waals surface area contributed by atoms with Gasteiger partial charge in [0.05, 0.1) is 34.9 Å². The first-order chi connectivity index (χ1) is 10.1. The Labute approximate surface area is 121 Å². The maximum absolute atomic E-state index is 13.6. The summed E-state index contributed by atoms with van der Waals surface area (Å²) in [6.07, 6.45) is 0.157. The number of fused-ring (bicyclic) bond motifs is 1. The minimum Gasteiger partial charge on any atom is -0.397 e. The molecule has 0 fully saturated rings. The Balaban J connectivity index is 2.36. The van der Waals surface area contributed by atoms with Crippen LogP contribution in [0.3, 0.4) is 0 Å². The summed E-state index contributed by atoms with van der Waals surface area (Å²) >= 11 is 0. The van der Waals surface area contributed by atoms with E-state index < -0.39 is 0 Å². The maximum Gasteiger partial charge on any atom is 0.128 e. The third-order valence-corrected chi connectivity index (χ3v) is 3.42. The van der Waals surface area contributed by atoms with Crippen molar-refractivity contribution in [3.8, 4) is 11.8 Å². The summed E-state index contributed by atoms with van der Waals surface area (Å²) in [6, 6.07) is 12.6. The number of hydrogen-bond acceptors (Lipinski definition) is 3. The molecule has 1 heterocycles. The van der Waals surface area contributed by atoms with E-state index in [9.17, 15) is 4.39 Å². The molecule has 0 saturated heterocycles. The van der Waals surface area contributed by atoms with Crippen molar-refractivity contribution in [3.63, 3.8) is 0 Å². The van der Waals surface area contributed by atoms with Crippen LogP contribution in [0.1, 0.15) is 11.4 Å². The Morgan fingerprint density at radius 2 is 2.10 bits per heavy atom. The average molecular weight is 280 g/mol. The van der Waals surface area contributed by atoms with Gasteiger partial charge in [0, 0.05) is 0 Å². The minimum atomic E-state index is -0.345. The van der Waals surface area contributed by atoms with Crippen LogP contribution in [-0.4, -0.2) is 9.55 Å². The first-order valence-corrected chi connectivity index (χ1v) is 6.51. The fourth-order valence-electron chi connectivity index (χ4n) is 2.41. The van der Waals surface area contributed by atoms with Gasteiger partial charge in [-0.2, -0.15) is 5.26 Å². The van der Waals surface area contributed by atoms with Crippen molar-refractivity contribution < 1.29 is 4.39 Å². The van der Waals surface area contributed by atoms with Crippen molar-refractivity contribution in [2.75, 3.05) is 5.73 Å². The van der Waals surface area contributed by atoms with Gasteiger partial charge in [-0.3, -0.25) is 4.57 Å². The number of halogens is 1. The number of para-hydroxylation sites is 2. The van der Waals surface area contributed by atoms with Crippen LogP contribution in [0, 0.1) is 24.1 Å². The molecule has 0 unspecified atom stereocenters. The van der Waals surface area contributed by atoms with Crippen LogP contribution in [0.15, 0.2) is 36.4 Å². The normalized spacial score (nSPS) is 10.7. The van der Waals surface area contributed by atoms with Crippen molar-refractivity contribution in [1.82, 2.24) is 9.55 Å². The van der Waals surface area contributed by atoms with Crippen molar-refractivity contribution in [2.24, 2.45) is 0 Å². The highest BCUT2D eigenvalue weighted by Crippen LogP contribution is 2.27. The average Bonchev–Trinajstić information content (AvgIpc) is 2.81. The van der Waals surface area contributed by atoms with Gasteiger partial charge in [0.1, 0.15) is 11.6 Å². The summed E-state index contributed by atoms with van der Waals surface area (Å²) in [6.45, 7) is 1.68. The largest absolute Gasteiger partial charge is 0.397 e. The summed E-state index contributed by atoms with van der Waals surface area (Å²) in [5.41, 5.74) is 9.06. The number of nitrogens with two attached hydrogens (primary N) is 1. The molecular weight excluding hydrogens is 267 g/mol. The lowest BCUT2D eigenvalue weighted by Gasteiger charge is -2.12. The Kier molecular flexibility index (Phi) is 3.07. The topological polar surface area (TPSA) is 67.6 Å². The van der Waals surface area contributed by atoms with E-state index in [-0.39, 0.29) is 12.2 Å². The van der Waals surface area contributed by atoms with Crippen LogP contribution in [0.25, 0.3) is 16.7 Å². The van der Waals surface area contributed by atoms with E-state index >= 15 is 0 Å². The number of nitrogen functional groups attached to an aromatic ring is 1. The van der Waals surface area contributed by atoms with E-state index in [0.29, 0.717) is 22.8 Å². The smallest absolute Gasteiger partial charge is 0.128 e. The Morgan fingerprint density at radius 3 is 2.86 bits per heavy atom. The monoisotopic (exact) mass is 280 g/mol. The molecule has 4 nitrogen and oxygen atoms in total. The highest BCUT2D eigenvalue weighted by Gasteiger charge is 2.15. The predicted molar refractivity (Wildman–Crippen MR) is 79.5 cm³/mol. The molecule has 0 aliphatic carbocycles. The molecule has 2 N–H and O–H groups in total. The molecule has 0 spiro atoms. The summed E-state index contributed by atoms with van der Waals surface area (Å²) in [7, 11) is 0. The highest BCUT2D eigenvalue weighted by molar-refractivity contribution is 5.80. The van der Waals surface area contributed by atoms with E-state index in [1.807, 2.05) is 28.8 Å². The second-order valence-electron chi connectivity index (χ2n) is 4.85. The van der Waals surface area contributed by atoms with Crippen LogP contribution in [0.2, 0.25) is 0 Å². The molecule has 0 atom stereocenters. The van der Waals surface area contributed by atoms with E-state index in [1.165, 1.54) is 6.07 Å².